The maximum atomic E-state index is 9.35. The molecule has 1 rings (SSSR count). The summed E-state index contributed by atoms with van der Waals surface area (Å²) in [7, 11) is 0. The number of aliphatic imine (C=N–C) groups is 1. The predicted octanol–water partition coefficient (Wildman–Crippen LogP) is 1.12. The zero-order chi connectivity index (χ0) is 8.97. The normalized spacial score (nSPS) is 11.6. The van der Waals surface area contributed by atoms with Gasteiger partial charge in [0.1, 0.15) is 11.6 Å². The topological polar surface area (TPSA) is 58.6 Å². The van der Waals surface area contributed by atoms with Crippen molar-refractivity contribution >= 4 is 5.84 Å². The first-order valence-electron chi connectivity index (χ1n) is 3.84. The highest BCUT2D eigenvalue weighted by Crippen LogP contribution is 2.14. The van der Waals surface area contributed by atoms with Crippen LogP contribution >= 0.6 is 0 Å². The lowest BCUT2D eigenvalue weighted by Crippen LogP contribution is -2.13. The number of benzene rings is 1. The Kier molecular flexibility index (Phi) is 2.69. The van der Waals surface area contributed by atoms with E-state index in [0.717, 1.165) is 0 Å². The minimum absolute atomic E-state index is 0.173. The van der Waals surface area contributed by atoms with E-state index in [1.165, 1.54) is 0 Å². The van der Waals surface area contributed by atoms with Gasteiger partial charge in [0, 0.05) is 6.54 Å². The third-order valence-corrected chi connectivity index (χ3v) is 1.51. The van der Waals surface area contributed by atoms with E-state index >= 15 is 0 Å². The van der Waals surface area contributed by atoms with Gasteiger partial charge in [-0.3, -0.25) is 4.99 Å². The third kappa shape index (κ3) is 1.75. The Morgan fingerprint density at radius 1 is 1.50 bits per heavy atom. The van der Waals surface area contributed by atoms with Crippen molar-refractivity contribution in [1.82, 2.24) is 0 Å². The molecule has 0 aromatic heterocycles. The first-order chi connectivity index (χ1) is 5.75. The molecule has 0 heterocycles. The fourth-order valence-electron chi connectivity index (χ4n) is 0.946. The Morgan fingerprint density at radius 3 is 2.75 bits per heavy atom. The van der Waals surface area contributed by atoms with Gasteiger partial charge in [0.05, 0.1) is 5.56 Å². The Bertz CT molecular complexity index is 294. The summed E-state index contributed by atoms with van der Waals surface area (Å²) in [5, 5.41) is 9.35. The van der Waals surface area contributed by atoms with E-state index in [4.69, 9.17) is 5.73 Å². The zero-order valence-corrected chi connectivity index (χ0v) is 6.99. The molecule has 64 valence electrons. The van der Waals surface area contributed by atoms with Crippen molar-refractivity contribution < 1.29 is 5.11 Å². The van der Waals surface area contributed by atoms with E-state index in [9.17, 15) is 5.11 Å². The standard InChI is InChI=1S/C9H12N2O/c1-2-11-9(10)7-5-3-4-6-8(7)12/h3-6,12H,2H2,1H3,(H2,10,11). The number of phenolic OH excluding ortho intramolecular Hbond substituents is 1. The number of phenols is 1. The molecule has 3 nitrogen and oxygen atoms in total. The molecule has 0 atom stereocenters. The van der Waals surface area contributed by atoms with E-state index in [0.29, 0.717) is 17.9 Å². The summed E-state index contributed by atoms with van der Waals surface area (Å²) in [6, 6.07) is 6.89. The lowest BCUT2D eigenvalue weighted by Gasteiger charge is -2.01. The number of aromatic hydroxyl groups is 1. The monoisotopic (exact) mass is 164 g/mol. The van der Waals surface area contributed by atoms with Crippen molar-refractivity contribution in [3.05, 3.63) is 29.8 Å². The van der Waals surface area contributed by atoms with E-state index in [-0.39, 0.29) is 5.75 Å². The van der Waals surface area contributed by atoms with Crippen molar-refractivity contribution in [2.75, 3.05) is 6.54 Å². The second kappa shape index (κ2) is 3.76. The second-order valence-electron chi connectivity index (χ2n) is 2.38. The average molecular weight is 164 g/mol. The summed E-state index contributed by atoms with van der Waals surface area (Å²) < 4.78 is 0. The van der Waals surface area contributed by atoms with Crippen LogP contribution in [0.1, 0.15) is 12.5 Å². The zero-order valence-electron chi connectivity index (χ0n) is 6.99. The molecule has 3 heteroatoms. The van der Waals surface area contributed by atoms with Crippen LogP contribution in [0.4, 0.5) is 0 Å². The molecule has 0 aliphatic rings. The molecule has 0 aliphatic carbocycles. The maximum Gasteiger partial charge on any atom is 0.129 e. The molecule has 3 N–H and O–H groups in total. The predicted molar refractivity (Wildman–Crippen MR) is 49.4 cm³/mol. The molecule has 12 heavy (non-hydrogen) atoms. The minimum Gasteiger partial charge on any atom is -0.507 e. The van der Waals surface area contributed by atoms with Gasteiger partial charge in [-0.15, -0.1) is 0 Å². The van der Waals surface area contributed by atoms with Crippen molar-refractivity contribution in [2.24, 2.45) is 10.7 Å². The van der Waals surface area contributed by atoms with Crippen molar-refractivity contribution in [1.29, 1.82) is 0 Å². The first-order valence-corrected chi connectivity index (χ1v) is 3.84. The van der Waals surface area contributed by atoms with E-state index in [2.05, 4.69) is 4.99 Å². The summed E-state index contributed by atoms with van der Waals surface area (Å²) in [6.45, 7) is 2.52. The number of para-hydroxylation sites is 1. The molecular formula is C9H12N2O. The third-order valence-electron chi connectivity index (χ3n) is 1.51. The second-order valence-corrected chi connectivity index (χ2v) is 2.38. The molecular weight excluding hydrogens is 152 g/mol. The number of rotatable bonds is 2. The molecule has 0 unspecified atom stereocenters. The Balaban J connectivity index is 3.02. The van der Waals surface area contributed by atoms with Crippen LogP contribution in [-0.4, -0.2) is 17.5 Å². The van der Waals surface area contributed by atoms with Crippen LogP contribution in [0.2, 0.25) is 0 Å². The molecule has 1 aromatic carbocycles. The lowest BCUT2D eigenvalue weighted by molar-refractivity contribution is 0.474. The number of nitrogens with two attached hydrogens (primary N) is 1. The van der Waals surface area contributed by atoms with Crippen LogP contribution in [0.15, 0.2) is 29.3 Å². The first kappa shape index (κ1) is 8.59. The quantitative estimate of drug-likeness (QED) is 0.508. The van der Waals surface area contributed by atoms with Crippen molar-refractivity contribution in [3.63, 3.8) is 0 Å². The molecule has 0 aliphatic heterocycles. The maximum absolute atomic E-state index is 9.35. The van der Waals surface area contributed by atoms with Gasteiger partial charge in [-0.05, 0) is 19.1 Å². The molecule has 0 radical (unpaired) electrons. The Labute approximate surface area is 71.6 Å². The Hall–Kier alpha value is -1.51. The highest BCUT2D eigenvalue weighted by atomic mass is 16.3. The largest absolute Gasteiger partial charge is 0.507 e. The van der Waals surface area contributed by atoms with Gasteiger partial charge < -0.3 is 10.8 Å². The number of nitrogens with zero attached hydrogens (tertiary/aromatic N) is 1. The van der Waals surface area contributed by atoms with Crippen LogP contribution in [-0.2, 0) is 0 Å². The fraction of sp³-hybridized carbons (Fsp3) is 0.222. The van der Waals surface area contributed by atoms with Gasteiger partial charge in [0.2, 0.25) is 0 Å². The lowest BCUT2D eigenvalue weighted by atomic mass is 10.2. The Morgan fingerprint density at radius 2 is 2.17 bits per heavy atom. The van der Waals surface area contributed by atoms with Crippen molar-refractivity contribution in [2.45, 2.75) is 6.92 Å². The van der Waals surface area contributed by atoms with Crippen LogP contribution in [0.3, 0.4) is 0 Å². The summed E-state index contributed by atoms with van der Waals surface area (Å²) in [6.07, 6.45) is 0. The molecule has 0 saturated carbocycles. The van der Waals surface area contributed by atoms with Gasteiger partial charge in [0.25, 0.3) is 0 Å². The molecule has 0 bridgehead atoms. The van der Waals surface area contributed by atoms with E-state index in [1.54, 1.807) is 18.2 Å². The van der Waals surface area contributed by atoms with Gasteiger partial charge in [-0.25, -0.2) is 0 Å². The average Bonchev–Trinajstić information content (AvgIpc) is 2.05. The summed E-state index contributed by atoms with van der Waals surface area (Å²) in [4.78, 5) is 3.99. The SMILES string of the molecule is CCN=C(N)c1ccccc1O. The van der Waals surface area contributed by atoms with Crippen molar-refractivity contribution in [3.8, 4) is 5.75 Å². The molecule has 0 spiro atoms. The molecule has 1 aromatic rings. The van der Waals surface area contributed by atoms with Gasteiger partial charge in [-0.2, -0.15) is 0 Å². The smallest absolute Gasteiger partial charge is 0.129 e. The van der Waals surface area contributed by atoms with E-state index < -0.39 is 0 Å². The van der Waals surface area contributed by atoms with E-state index in [1.807, 2.05) is 13.0 Å². The molecule has 0 saturated heterocycles. The van der Waals surface area contributed by atoms with Crippen LogP contribution in [0, 0.1) is 0 Å². The van der Waals surface area contributed by atoms with Crippen LogP contribution < -0.4 is 5.73 Å². The summed E-state index contributed by atoms with van der Waals surface area (Å²) in [5.41, 5.74) is 6.19. The fourth-order valence-corrected chi connectivity index (χ4v) is 0.946. The molecule has 0 fully saturated rings. The van der Waals surface area contributed by atoms with Crippen LogP contribution in [0.25, 0.3) is 0 Å². The molecule has 0 amide bonds. The summed E-state index contributed by atoms with van der Waals surface area (Å²) in [5.74, 6) is 0.558. The summed E-state index contributed by atoms with van der Waals surface area (Å²) >= 11 is 0. The van der Waals surface area contributed by atoms with Gasteiger partial charge in [-0.1, -0.05) is 12.1 Å². The van der Waals surface area contributed by atoms with Gasteiger partial charge >= 0.3 is 0 Å². The number of amidine groups is 1. The number of hydrogen-bond donors (Lipinski definition) is 2. The highest BCUT2D eigenvalue weighted by molar-refractivity contribution is 5.99. The van der Waals surface area contributed by atoms with Gasteiger partial charge in [0.15, 0.2) is 0 Å². The highest BCUT2D eigenvalue weighted by Gasteiger charge is 2.01. The van der Waals surface area contributed by atoms with Crippen LogP contribution in [0.5, 0.6) is 5.75 Å². The number of hydrogen-bond acceptors (Lipinski definition) is 2. The minimum atomic E-state index is 0.173.